The molecule has 0 aromatic heterocycles. The van der Waals surface area contributed by atoms with E-state index in [1.807, 2.05) is 52.0 Å². The average molecular weight is 244 g/mol. The summed E-state index contributed by atoms with van der Waals surface area (Å²) in [5.41, 5.74) is 1.85. The molecule has 1 amide bonds. The van der Waals surface area contributed by atoms with Crippen LogP contribution in [0.25, 0.3) is 0 Å². The number of aryl methyl sites for hydroxylation is 1. The molecule has 0 heterocycles. The van der Waals surface area contributed by atoms with Gasteiger partial charge in [-0.05, 0) is 39.7 Å². The first-order valence-corrected chi connectivity index (χ1v) is 6.09. The summed E-state index contributed by atoms with van der Waals surface area (Å²) in [5.74, 6) is -0.836. The molecule has 0 saturated heterocycles. The van der Waals surface area contributed by atoms with Crippen LogP contribution in [0.5, 0.6) is 0 Å². The monoisotopic (exact) mass is 244 g/mol. The third-order valence-electron chi connectivity index (χ3n) is 2.49. The first-order valence-electron chi connectivity index (χ1n) is 6.09. The van der Waals surface area contributed by atoms with E-state index in [0.717, 1.165) is 11.1 Å². The van der Waals surface area contributed by atoms with E-state index in [4.69, 9.17) is 5.26 Å². The van der Waals surface area contributed by atoms with Gasteiger partial charge in [0.1, 0.15) is 5.92 Å². The normalized spacial score (nSPS) is 12.6. The van der Waals surface area contributed by atoms with Crippen molar-refractivity contribution in [2.45, 2.75) is 39.7 Å². The molecule has 0 spiro atoms. The van der Waals surface area contributed by atoms with Crippen molar-refractivity contribution < 1.29 is 4.79 Å². The fraction of sp³-hybridized carbons (Fsp3) is 0.467. The summed E-state index contributed by atoms with van der Waals surface area (Å²) in [6.45, 7) is 7.73. The molecule has 1 atom stereocenters. The quantitative estimate of drug-likeness (QED) is 0.888. The molecular weight excluding hydrogens is 224 g/mol. The molecule has 0 aliphatic heterocycles. The number of benzene rings is 1. The summed E-state index contributed by atoms with van der Waals surface area (Å²) >= 11 is 0. The number of carbonyl (C=O) groups is 1. The van der Waals surface area contributed by atoms with Crippen LogP contribution >= 0.6 is 0 Å². The zero-order chi connectivity index (χ0) is 13.8. The van der Waals surface area contributed by atoms with Gasteiger partial charge < -0.3 is 5.32 Å². The molecule has 0 aliphatic rings. The molecule has 3 nitrogen and oxygen atoms in total. The summed E-state index contributed by atoms with van der Waals surface area (Å²) in [6, 6.07) is 9.98. The zero-order valence-electron chi connectivity index (χ0n) is 11.4. The fourth-order valence-electron chi connectivity index (χ4n) is 1.73. The Kier molecular flexibility index (Phi) is 4.49. The summed E-state index contributed by atoms with van der Waals surface area (Å²) in [6.07, 6.45) is 0.458. The number of hydrogen-bond donors (Lipinski definition) is 1. The molecule has 3 heteroatoms. The molecule has 0 radical (unpaired) electrons. The summed E-state index contributed by atoms with van der Waals surface area (Å²) in [4.78, 5) is 11.9. The molecule has 1 aromatic rings. The van der Waals surface area contributed by atoms with E-state index < -0.39 is 5.92 Å². The largest absolute Gasteiger partial charge is 0.350 e. The summed E-state index contributed by atoms with van der Waals surface area (Å²) < 4.78 is 0. The summed E-state index contributed by atoms with van der Waals surface area (Å²) in [5, 5.41) is 12.0. The number of rotatable bonds is 3. The number of amides is 1. The Labute approximate surface area is 109 Å². The van der Waals surface area contributed by atoms with Crippen LogP contribution in [0.1, 0.15) is 31.9 Å². The van der Waals surface area contributed by atoms with E-state index in [9.17, 15) is 4.79 Å². The minimum atomic E-state index is -0.633. The lowest BCUT2D eigenvalue weighted by Gasteiger charge is -2.22. The van der Waals surface area contributed by atoms with Gasteiger partial charge in [0.05, 0.1) is 6.07 Å². The second-order valence-corrected chi connectivity index (χ2v) is 5.61. The van der Waals surface area contributed by atoms with Gasteiger partial charge in [0, 0.05) is 5.54 Å². The Morgan fingerprint density at radius 1 is 1.44 bits per heavy atom. The van der Waals surface area contributed by atoms with Crippen LogP contribution in [0, 0.1) is 24.2 Å². The van der Waals surface area contributed by atoms with E-state index in [1.54, 1.807) is 0 Å². The van der Waals surface area contributed by atoms with Gasteiger partial charge in [-0.3, -0.25) is 4.79 Å². The molecule has 0 bridgehead atoms. The van der Waals surface area contributed by atoms with Crippen molar-refractivity contribution in [3.63, 3.8) is 0 Å². The van der Waals surface area contributed by atoms with Crippen molar-refractivity contribution in [2.24, 2.45) is 5.92 Å². The molecule has 1 unspecified atom stereocenters. The van der Waals surface area contributed by atoms with Gasteiger partial charge in [-0.1, -0.05) is 29.8 Å². The highest BCUT2D eigenvalue weighted by Gasteiger charge is 2.22. The van der Waals surface area contributed by atoms with Crippen LogP contribution < -0.4 is 5.32 Å². The van der Waals surface area contributed by atoms with Gasteiger partial charge in [-0.25, -0.2) is 0 Å². The van der Waals surface area contributed by atoms with Gasteiger partial charge >= 0.3 is 0 Å². The number of carbonyl (C=O) groups excluding carboxylic acids is 1. The minimum absolute atomic E-state index is 0.202. The lowest BCUT2D eigenvalue weighted by Crippen LogP contribution is -2.44. The first-order chi connectivity index (χ1) is 8.31. The number of nitrogens with one attached hydrogen (secondary N) is 1. The highest BCUT2D eigenvalue weighted by molar-refractivity contribution is 5.82. The minimum Gasteiger partial charge on any atom is -0.350 e. The second-order valence-electron chi connectivity index (χ2n) is 5.61. The fourth-order valence-corrected chi connectivity index (χ4v) is 1.73. The van der Waals surface area contributed by atoms with Crippen molar-refractivity contribution in [3.8, 4) is 6.07 Å². The smallest absolute Gasteiger partial charge is 0.238 e. The Balaban J connectivity index is 2.74. The van der Waals surface area contributed by atoms with Crippen molar-refractivity contribution in [1.82, 2.24) is 5.32 Å². The van der Waals surface area contributed by atoms with Crippen LogP contribution in [0.15, 0.2) is 24.3 Å². The zero-order valence-corrected chi connectivity index (χ0v) is 11.4. The van der Waals surface area contributed by atoms with E-state index in [1.165, 1.54) is 0 Å². The third-order valence-corrected chi connectivity index (χ3v) is 2.49. The molecular formula is C15H20N2O. The standard InChI is InChI=1S/C15H20N2O/c1-11-6-5-7-12(8-11)9-13(10-16)14(18)17-15(2,3)4/h5-8,13H,9H2,1-4H3,(H,17,18). The molecule has 1 N–H and O–H groups in total. The van der Waals surface area contributed by atoms with Crippen LogP contribution in [0.2, 0.25) is 0 Å². The van der Waals surface area contributed by atoms with E-state index in [-0.39, 0.29) is 11.4 Å². The SMILES string of the molecule is Cc1cccc(CC(C#N)C(=O)NC(C)(C)C)c1. The van der Waals surface area contributed by atoms with Crippen molar-refractivity contribution in [2.75, 3.05) is 0 Å². The van der Waals surface area contributed by atoms with Gasteiger partial charge in [0.25, 0.3) is 0 Å². The average Bonchev–Trinajstić information content (AvgIpc) is 2.23. The summed E-state index contributed by atoms with van der Waals surface area (Å²) in [7, 11) is 0. The molecule has 1 rings (SSSR count). The second kappa shape index (κ2) is 5.68. The lowest BCUT2D eigenvalue weighted by atomic mass is 9.97. The molecule has 0 aliphatic carbocycles. The number of nitrogens with zero attached hydrogens (tertiary/aromatic N) is 1. The molecule has 0 fully saturated rings. The predicted molar refractivity (Wildman–Crippen MR) is 71.9 cm³/mol. The van der Waals surface area contributed by atoms with Gasteiger partial charge in [0.15, 0.2) is 0 Å². The molecule has 0 saturated carbocycles. The topological polar surface area (TPSA) is 52.9 Å². The van der Waals surface area contributed by atoms with Gasteiger partial charge in [-0.15, -0.1) is 0 Å². The number of hydrogen-bond acceptors (Lipinski definition) is 2. The molecule has 1 aromatic carbocycles. The maximum Gasteiger partial charge on any atom is 0.238 e. The van der Waals surface area contributed by atoms with Crippen molar-refractivity contribution >= 4 is 5.91 Å². The number of nitriles is 1. The maximum atomic E-state index is 11.9. The van der Waals surface area contributed by atoms with E-state index in [0.29, 0.717) is 6.42 Å². The first kappa shape index (κ1) is 14.2. The Bertz CT molecular complexity index is 466. The highest BCUT2D eigenvalue weighted by Crippen LogP contribution is 2.12. The van der Waals surface area contributed by atoms with E-state index in [2.05, 4.69) is 11.4 Å². The predicted octanol–water partition coefficient (Wildman–Crippen LogP) is 2.59. The van der Waals surface area contributed by atoms with Crippen LogP contribution in [0.4, 0.5) is 0 Å². The molecule has 18 heavy (non-hydrogen) atoms. The third kappa shape index (κ3) is 4.58. The van der Waals surface area contributed by atoms with Crippen LogP contribution in [-0.2, 0) is 11.2 Å². The Morgan fingerprint density at radius 2 is 2.11 bits per heavy atom. The van der Waals surface area contributed by atoms with Crippen molar-refractivity contribution in [3.05, 3.63) is 35.4 Å². The van der Waals surface area contributed by atoms with E-state index >= 15 is 0 Å². The van der Waals surface area contributed by atoms with Crippen LogP contribution in [-0.4, -0.2) is 11.4 Å². The molecule has 96 valence electrons. The highest BCUT2D eigenvalue weighted by atomic mass is 16.2. The Morgan fingerprint density at radius 3 is 2.61 bits per heavy atom. The van der Waals surface area contributed by atoms with Gasteiger partial charge in [0.2, 0.25) is 5.91 Å². The van der Waals surface area contributed by atoms with Crippen molar-refractivity contribution in [1.29, 1.82) is 5.26 Å². The Hall–Kier alpha value is -1.82. The van der Waals surface area contributed by atoms with Crippen LogP contribution in [0.3, 0.4) is 0 Å². The van der Waals surface area contributed by atoms with Gasteiger partial charge in [-0.2, -0.15) is 5.26 Å². The maximum absolute atomic E-state index is 11.9. The lowest BCUT2D eigenvalue weighted by molar-refractivity contribution is -0.124.